The first-order valence-electron chi connectivity index (χ1n) is 7.23. The molecule has 2 heterocycles. The number of rotatable bonds is 4. The number of esters is 1. The maximum Gasteiger partial charge on any atom is 0.329 e. The maximum absolute atomic E-state index is 12.6. The van der Waals surface area contributed by atoms with Gasteiger partial charge in [-0.25, -0.2) is 9.78 Å². The number of ether oxygens (including phenoxy) is 1. The van der Waals surface area contributed by atoms with Crippen LogP contribution in [0.1, 0.15) is 19.4 Å². The molecule has 1 aromatic carbocycles. The standard InChI is InChI=1S/C15H14ClN5O3/c1-3-11(15(23)24-2)20-8-17-13-12(14(20)22)18-19-21(13)10-6-4-9(16)5-7-10/h4-8,11H,3H2,1-2H3/t11-/m0/s1. The van der Waals surface area contributed by atoms with Crippen molar-refractivity contribution in [3.63, 3.8) is 0 Å². The fourth-order valence-electron chi connectivity index (χ4n) is 2.41. The Morgan fingerprint density at radius 3 is 2.67 bits per heavy atom. The summed E-state index contributed by atoms with van der Waals surface area (Å²) < 4.78 is 7.39. The minimum atomic E-state index is -0.750. The van der Waals surface area contributed by atoms with E-state index >= 15 is 0 Å². The molecular formula is C15H14ClN5O3. The van der Waals surface area contributed by atoms with E-state index in [0.29, 0.717) is 22.8 Å². The highest BCUT2D eigenvalue weighted by atomic mass is 35.5. The molecule has 0 saturated heterocycles. The highest BCUT2D eigenvalue weighted by molar-refractivity contribution is 6.30. The van der Waals surface area contributed by atoms with Gasteiger partial charge in [-0.05, 0) is 30.7 Å². The molecule has 3 aromatic rings. The van der Waals surface area contributed by atoms with Crippen LogP contribution in [0.5, 0.6) is 0 Å². The molecule has 0 saturated carbocycles. The number of hydrogen-bond acceptors (Lipinski definition) is 6. The molecular weight excluding hydrogens is 334 g/mol. The molecule has 0 fully saturated rings. The lowest BCUT2D eigenvalue weighted by molar-refractivity contribution is -0.144. The van der Waals surface area contributed by atoms with Crippen molar-refractivity contribution < 1.29 is 9.53 Å². The molecule has 0 aliphatic heterocycles. The third-order valence-electron chi connectivity index (χ3n) is 3.66. The van der Waals surface area contributed by atoms with E-state index in [1.165, 1.54) is 22.7 Å². The molecule has 0 aliphatic rings. The first-order chi connectivity index (χ1) is 11.6. The summed E-state index contributed by atoms with van der Waals surface area (Å²) in [7, 11) is 1.28. The second-order valence-electron chi connectivity index (χ2n) is 5.05. The van der Waals surface area contributed by atoms with Crippen molar-refractivity contribution in [3.05, 3.63) is 46.0 Å². The molecule has 2 aromatic heterocycles. The Balaban J connectivity index is 2.13. The summed E-state index contributed by atoms with van der Waals surface area (Å²) >= 11 is 5.87. The van der Waals surface area contributed by atoms with E-state index in [1.54, 1.807) is 31.2 Å². The van der Waals surface area contributed by atoms with Gasteiger partial charge in [0.1, 0.15) is 12.4 Å². The van der Waals surface area contributed by atoms with E-state index in [9.17, 15) is 9.59 Å². The SMILES string of the molecule is CC[C@@H](C(=O)OC)n1cnc2c(nnn2-c2ccc(Cl)cc2)c1=O. The van der Waals surface area contributed by atoms with Crippen LogP contribution in [-0.4, -0.2) is 37.6 Å². The normalized spacial score (nSPS) is 12.3. The Morgan fingerprint density at radius 2 is 2.04 bits per heavy atom. The quantitative estimate of drug-likeness (QED) is 0.668. The van der Waals surface area contributed by atoms with Crippen molar-refractivity contribution in [2.45, 2.75) is 19.4 Å². The highest BCUT2D eigenvalue weighted by Crippen LogP contribution is 2.16. The summed E-state index contributed by atoms with van der Waals surface area (Å²) in [6, 6.07) is 6.14. The van der Waals surface area contributed by atoms with Gasteiger partial charge in [-0.1, -0.05) is 23.7 Å². The Kier molecular flexibility index (Phi) is 4.30. The van der Waals surface area contributed by atoms with Crippen LogP contribution in [0.25, 0.3) is 16.9 Å². The average molecular weight is 348 g/mol. The first-order valence-corrected chi connectivity index (χ1v) is 7.61. The minimum absolute atomic E-state index is 0.0785. The number of nitrogens with zero attached hydrogens (tertiary/aromatic N) is 5. The second kappa shape index (κ2) is 6.40. The van der Waals surface area contributed by atoms with Crippen LogP contribution in [-0.2, 0) is 9.53 Å². The van der Waals surface area contributed by atoms with Crippen LogP contribution >= 0.6 is 11.6 Å². The predicted molar refractivity (Wildman–Crippen MR) is 87.3 cm³/mol. The lowest BCUT2D eigenvalue weighted by Gasteiger charge is -2.14. The molecule has 0 spiro atoms. The first kappa shape index (κ1) is 16.1. The van der Waals surface area contributed by atoms with Crippen LogP contribution < -0.4 is 5.56 Å². The van der Waals surface area contributed by atoms with Crippen LogP contribution in [0, 0.1) is 0 Å². The average Bonchev–Trinajstić information content (AvgIpc) is 3.02. The summed E-state index contributed by atoms with van der Waals surface area (Å²) in [4.78, 5) is 28.7. The third kappa shape index (κ3) is 2.65. The summed E-state index contributed by atoms with van der Waals surface area (Å²) in [6.07, 6.45) is 1.70. The Hall–Kier alpha value is -2.74. The predicted octanol–water partition coefficient (Wildman–Crippen LogP) is 1.75. The molecule has 9 heteroatoms. The highest BCUT2D eigenvalue weighted by Gasteiger charge is 2.23. The van der Waals surface area contributed by atoms with E-state index in [1.807, 2.05) is 0 Å². The van der Waals surface area contributed by atoms with Gasteiger partial charge in [0.05, 0.1) is 12.8 Å². The van der Waals surface area contributed by atoms with E-state index in [-0.39, 0.29) is 5.52 Å². The second-order valence-corrected chi connectivity index (χ2v) is 5.49. The summed E-state index contributed by atoms with van der Waals surface area (Å²) in [5.74, 6) is -0.508. The molecule has 24 heavy (non-hydrogen) atoms. The fraction of sp³-hybridized carbons (Fsp3) is 0.267. The zero-order chi connectivity index (χ0) is 17.3. The number of carbonyl (C=O) groups is 1. The van der Waals surface area contributed by atoms with Crippen molar-refractivity contribution in [2.24, 2.45) is 0 Å². The van der Waals surface area contributed by atoms with Crippen LogP contribution in [0.15, 0.2) is 35.4 Å². The lowest BCUT2D eigenvalue weighted by Crippen LogP contribution is -2.30. The van der Waals surface area contributed by atoms with Crippen LogP contribution in [0.4, 0.5) is 0 Å². The number of hydrogen-bond donors (Lipinski definition) is 0. The number of carbonyl (C=O) groups excluding carboxylic acids is 1. The summed E-state index contributed by atoms with van der Waals surface area (Å²) in [6.45, 7) is 1.78. The molecule has 1 atom stereocenters. The molecule has 124 valence electrons. The molecule has 0 aliphatic carbocycles. The van der Waals surface area contributed by atoms with Crippen LogP contribution in [0.3, 0.4) is 0 Å². The van der Waals surface area contributed by atoms with Gasteiger partial charge in [-0.15, -0.1) is 5.10 Å². The van der Waals surface area contributed by atoms with Gasteiger partial charge in [-0.2, -0.15) is 4.68 Å². The van der Waals surface area contributed by atoms with Gasteiger partial charge in [0, 0.05) is 5.02 Å². The van der Waals surface area contributed by atoms with Crippen molar-refractivity contribution in [2.75, 3.05) is 7.11 Å². The molecule has 0 bridgehead atoms. The summed E-state index contributed by atoms with van der Waals surface area (Å²) in [5, 5.41) is 8.48. The fourth-order valence-corrected chi connectivity index (χ4v) is 2.54. The van der Waals surface area contributed by atoms with E-state index in [4.69, 9.17) is 16.3 Å². The third-order valence-corrected chi connectivity index (χ3v) is 3.91. The number of fused-ring (bicyclic) bond motifs is 1. The molecule has 0 unspecified atom stereocenters. The van der Waals surface area contributed by atoms with Gasteiger partial charge in [-0.3, -0.25) is 9.36 Å². The van der Waals surface area contributed by atoms with E-state index in [2.05, 4.69) is 15.3 Å². The Morgan fingerprint density at radius 1 is 1.33 bits per heavy atom. The van der Waals surface area contributed by atoms with Crippen molar-refractivity contribution in [3.8, 4) is 5.69 Å². The van der Waals surface area contributed by atoms with Crippen LogP contribution in [0.2, 0.25) is 5.02 Å². The van der Waals surface area contributed by atoms with Gasteiger partial charge in [0.2, 0.25) is 0 Å². The minimum Gasteiger partial charge on any atom is -0.467 e. The lowest BCUT2D eigenvalue weighted by atomic mass is 10.2. The largest absolute Gasteiger partial charge is 0.467 e. The Labute approximate surface area is 141 Å². The number of halogens is 1. The zero-order valence-electron chi connectivity index (χ0n) is 13.0. The van der Waals surface area contributed by atoms with Crippen molar-refractivity contribution in [1.82, 2.24) is 24.5 Å². The molecule has 3 rings (SSSR count). The van der Waals surface area contributed by atoms with E-state index in [0.717, 1.165) is 0 Å². The number of benzene rings is 1. The zero-order valence-corrected chi connectivity index (χ0v) is 13.8. The maximum atomic E-state index is 12.6. The Bertz CT molecular complexity index is 948. The monoisotopic (exact) mass is 347 g/mol. The molecule has 8 nitrogen and oxygen atoms in total. The summed E-state index contributed by atoms with van der Waals surface area (Å²) in [5.41, 5.74) is 0.608. The number of methoxy groups -OCH3 is 1. The smallest absolute Gasteiger partial charge is 0.329 e. The van der Waals surface area contributed by atoms with Gasteiger partial charge in [0.25, 0.3) is 5.56 Å². The van der Waals surface area contributed by atoms with Gasteiger partial charge >= 0.3 is 5.97 Å². The van der Waals surface area contributed by atoms with E-state index < -0.39 is 17.6 Å². The molecule has 0 amide bonds. The topological polar surface area (TPSA) is 91.9 Å². The molecule has 0 N–H and O–H groups in total. The van der Waals surface area contributed by atoms with Crippen molar-refractivity contribution >= 4 is 28.7 Å². The number of aromatic nitrogens is 5. The van der Waals surface area contributed by atoms with Gasteiger partial charge in [0.15, 0.2) is 11.2 Å². The molecule has 0 radical (unpaired) electrons. The van der Waals surface area contributed by atoms with Crippen molar-refractivity contribution in [1.29, 1.82) is 0 Å². The van der Waals surface area contributed by atoms with Gasteiger partial charge < -0.3 is 4.74 Å².